The van der Waals surface area contributed by atoms with Crippen molar-refractivity contribution in [1.82, 2.24) is 15.2 Å². The SMILES string of the molecule is CNC1CCN(Cc2nc(-c3cccc(C(F)(F)F)c3)oc2C)CC1. The van der Waals surface area contributed by atoms with Crippen LogP contribution in [0.25, 0.3) is 11.5 Å². The van der Waals surface area contributed by atoms with Crippen molar-refractivity contribution in [2.24, 2.45) is 0 Å². The Morgan fingerprint density at radius 2 is 2.00 bits per heavy atom. The van der Waals surface area contributed by atoms with Crippen LogP contribution in [-0.4, -0.2) is 36.1 Å². The first-order valence-corrected chi connectivity index (χ1v) is 8.40. The van der Waals surface area contributed by atoms with Gasteiger partial charge in [0.05, 0.1) is 11.3 Å². The summed E-state index contributed by atoms with van der Waals surface area (Å²) in [6.45, 7) is 4.40. The van der Waals surface area contributed by atoms with Crippen LogP contribution in [0, 0.1) is 6.92 Å². The van der Waals surface area contributed by atoms with Gasteiger partial charge in [-0.3, -0.25) is 4.90 Å². The highest BCUT2D eigenvalue weighted by Gasteiger charge is 2.31. The summed E-state index contributed by atoms with van der Waals surface area (Å²) in [5.41, 5.74) is 0.435. The predicted molar refractivity (Wildman–Crippen MR) is 89.0 cm³/mol. The molecular weight excluding hydrogens is 331 g/mol. The number of piperidine rings is 1. The number of hydrogen-bond donors (Lipinski definition) is 1. The van der Waals surface area contributed by atoms with Crippen LogP contribution in [0.4, 0.5) is 13.2 Å². The highest BCUT2D eigenvalue weighted by atomic mass is 19.4. The van der Waals surface area contributed by atoms with E-state index in [1.807, 2.05) is 7.05 Å². The molecule has 0 atom stereocenters. The van der Waals surface area contributed by atoms with Gasteiger partial charge in [-0.2, -0.15) is 13.2 Å². The molecule has 4 nitrogen and oxygen atoms in total. The van der Waals surface area contributed by atoms with Crippen molar-refractivity contribution in [2.45, 2.75) is 38.5 Å². The zero-order valence-corrected chi connectivity index (χ0v) is 14.4. The first-order chi connectivity index (χ1) is 11.9. The Morgan fingerprint density at radius 3 is 2.64 bits per heavy atom. The molecule has 1 aliphatic rings. The maximum absolute atomic E-state index is 12.9. The van der Waals surface area contributed by atoms with Crippen molar-refractivity contribution in [2.75, 3.05) is 20.1 Å². The minimum absolute atomic E-state index is 0.240. The number of likely N-dealkylation sites (tertiary alicyclic amines) is 1. The molecule has 0 amide bonds. The van der Waals surface area contributed by atoms with Gasteiger partial charge in [-0.05, 0) is 45.0 Å². The van der Waals surface area contributed by atoms with Crippen molar-refractivity contribution in [3.63, 3.8) is 0 Å². The molecule has 7 heteroatoms. The van der Waals surface area contributed by atoms with E-state index in [9.17, 15) is 13.2 Å². The second-order valence-electron chi connectivity index (χ2n) is 6.44. The normalized spacial score (nSPS) is 17.2. The van der Waals surface area contributed by atoms with Gasteiger partial charge in [0.1, 0.15) is 5.76 Å². The van der Waals surface area contributed by atoms with E-state index >= 15 is 0 Å². The van der Waals surface area contributed by atoms with Crippen molar-refractivity contribution in [3.05, 3.63) is 41.3 Å². The average molecular weight is 353 g/mol. The van der Waals surface area contributed by atoms with E-state index < -0.39 is 11.7 Å². The Morgan fingerprint density at radius 1 is 1.28 bits per heavy atom. The molecule has 1 aromatic heterocycles. The molecule has 136 valence electrons. The average Bonchev–Trinajstić information content (AvgIpc) is 2.96. The van der Waals surface area contributed by atoms with Crippen molar-refractivity contribution >= 4 is 0 Å². The van der Waals surface area contributed by atoms with Gasteiger partial charge >= 0.3 is 6.18 Å². The first kappa shape index (κ1) is 17.9. The highest BCUT2D eigenvalue weighted by Crippen LogP contribution is 2.32. The van der Waals surface area contributed by atoms with Crippen LogP contribution >= 0.6 is 0 Å². The summed E-state index contributed by atoms with van der Waals surface area (Å²) in [4.78, 5) is 6.75. The third-order valence-corrected chi connectivity index (χ3v) is 4.70. The first-order valence-electron chi connectivity index (χ1n) is 8.40. The molecule has 1 aromatic carbocycles. The lowest BCUT2D eigenvalue weighted by molar-refractivity contribution is -0.137. The Balaban J connectivity index is 1.75. The van der Waals surface area contributed by atoms with Crippen molar-refractivity contribution < 1.29 is 17.6 Å². The number of hydrogen-bond acceptors (Lipinski definition) is 4. The van der Waals surface area contributed by atoms with Crippen LogP contribution in [0.5, 0.6) is 0 Å². The second-order valence-corrected chi connectivity index (χ2v) is 6.44. The summed E-state index contributed by atoms with van der Waals surface area (Å²) in [7, 11) is 1.98. The van der Waals surface area contributed by atoms with Crippen molar-refractivity contribution in [1.29, 1.82) is 0 Å². The second kappa shape index (κ2) is 7.17. The number of oxazole rings is 1. The quantitative estimate of drug-likeness (QED) is 0.906. The minimum atomic E-state index is -4.38. The Labute approximate surface area is 145 Å². The summed E-state index contributed by atoms with van der Waals surface area (Å²) in [5.74, 6) is 0.895. The maximum atomic E-state index is 12.9. The van der Waals surface area contributed by atoms with Crippen LogP contribution in [-0.2, 0) is 12.7 Å². The molecule has 25 heavy (non-hydrogen) atoms. The maximum Gasteiger partial charge on any atom is 0.416 e. The van der Waals surface area contributed by atoms with Crippen LogP contribution < -0.4 is 5.32 Å². The molecule has 2 heterocycles. The zero-order chi connectivity index (χ0) is 18.0. The topological polar surface area (TPSA) is 41.3 Å². The van der Waals surface area contributed by atoms with Gasteiger partial charge in [-0.15, -0.1) is 0 Å². The van der Waals surface area contributed by atoms with Gasteiger partial charge in [0, 0.05) is 31.2 Å². The molecule has 1 saturated heterocycles. The Hall–Kier alpha value is -1.86. The molecule has 0 spiro atoms. The van der Waals surface area contributed by atoms with E-state index in [4.69, 9.17) is 4.42 Å². The van der Waals surface area contributed by atoms with E-state index in [-0.39, 0.29) is 5.89 Å². The zero-order valence-electron chi connectivity index (χ0n) is 14.4. The molecule has 0 saturated carbocycles. The highest BCUT2D eigenvalue weighted by molar-refractivity contribution is 5.55. The van der Waals surface area contributed by atoms with E-state index in [2.05, 4.69) is 15.2 Å². The molecule has 3 rings (SSSR count). The summed E-state index contributed by atoms with van der Waals surface area (Å²) in [6.07, 6.45) is -2.22. The standard InChI is InChI=1S/C18H22F3N3O/c1-12-16(11-24-8-6-15(22-2)7-9-24)23-17(25-12)13-4-3-5-14(10-13)18(19,20)21/h3-5,10,15,22H,6-9,11H2,1-2H3. The molecule has 2 aromatic rings. The van der Waals surface area contributed by atoms with Crippen molar-refractivity contribution in [3.8, 4) is 11.5 Å². The van der Waals surface area contributed by atoms with Gasteiger partial charge in [-0.25, -0.2) is 4.98 Å². The van der Waals surface area contributed by atoms with Gasteiger partial charge in [-0.1, -0.05) is 6.07 Å². The van der Waals surface area contributed by atoms with E-state index in [0.717, 1.165) is 43.8 Å². The lowest BCUT2D eigenvalue weighted by Crippen LogP contribution is -2.40. The fourth-order valence-electron chi connectivity index (χ4n) is 3.12. The lowest BCUT2D eigenvalue weighted by Gasteiger charge is -2.31. The number of benzene rings is 1. The minimum Gasteiger partial charge on any atom is -0.441 e. The van der Waals surface area contributed by atoms with Gasteiger partial charge < -0.3 is 9.73 Å². The van der Waals surface area contributed by atoms with E-state index in [1.54, 1.807) is 13.0 Å². The Kier molecular flexibility index (Phi) is 5.15. The number of aryl methyl sites for hydroxylation is 1. The summed E-state index contributed by atoms with van der Waals surface area (Å²) in [6, 6.07) is 5.64. The Bertz CT molecular complexity index is 719. The molecule has 0 unspecified atom stereocenters. The van der Waals surface area contributed by atoms with Crippen LogP contribution in [0.15, 0.2) is 28.7 Å². The third-order valence-electron chi connectivity index (χ3n) is 4.70. The van der Waals surface area contributed by atoms with Crippen LogP contribution in [0.1, 0.15) is 29.9 Å². The number of rotatable bonds is 4. The largest absolute Gasteiger partial charge is 0.441 e. The summed E-state index contributed by atoms with van der Waals surface area (Å²) in [5, 5.41) is 3.29. The predicted octanol–water partition coefficient (Wildman–Crippen LogP) is 3.85. The lowest BCUT2D eigenvalue weighted by atomic mass is 10.1. The van der Waals surface area contributed by atoms with Gasteiger partial charge in [0.15, 0.2) is 0 Å². The van der Waals surface area contributed by atoms with E-state index in [0.29, 0.717) is 23.9 Å². The molecule has 0 radical (unpaired) electrons. The van der Waals surface area contributed by atoms with Gasteiger partial charge in [0.25, 0.3) is 0 Å². The smallest absolute Gasteiger partial charge is 0.416 e. The molecular formula is C18H22F3N3O. The third kappa shape index (κ3) is 4.22. The number of aromatic nitrogens is 1. The fourth-order valence-corrected chi connectivity index (χ4v) is 3.12. The van der Waals surface area contributed by atoms with Gasteiger partial charge in [0.2, 0.25) is 5.89 Å². The summed E-state index contributed by atoms with van der Waals surface area (Å²) < 4.78 is 44.3. The molecule has 0 bridgehead atoms. The number of halogens is 3. The molecule has 0 aliphatic carbocycles. The molecule has 1 aliphatic heterocycles. The van der Waals surface area contributed by atoms with E-state index in [1.165, 1.54) is 6.07 Å². The van der Waals surface area contributed by atoms with Crippen LogP contribution in [0.2, 0.25) is 0 Å². The number of alkyl halides is 3. The molecule has 1 N–H and O–H groups in total. The number of nitrogens with zero attached hydrogens (tertiary/aromatic N) is 2. The summed E-state index contributed by atoms with van der Waals surface area (Å²) >= 11 is 0. The van der Waals surface area contributed by atoms with Crippen LogP contribution in [0.3, 0.4) is 0 Å². The fraction of sp³-hybridized carbons (Fsp3) is 0.500. The molecule has 1 fully saturated rings. The number of nitrogens with one attached hydrogen (secondary N) is 1. The monoisotopic (exact) mass is 353 g/mol.